The number of benzene rings is 3. The fourth-order valence-electron chi connectivity index (χ4n) is 8.93. The van der Waals surface area contributed by atoms with Crippen molar-refractivity contribution >= 4 is 35.1 Å². The van der Waals surface area contributed by atoms with Gasteiger partial charge >= 0.3 is 19.2 Å². The van der Waals surface area contributed by atoms with Crippen molar-refractivity contribution < 1.29 is 51.1 Å². The number of rotatable bonds is 16. The van der Waals surface area contributed by atoms with Gasteiger partial charge in [-0.05, 0) is 120 Å². The van der Waals surface area contributed by atoms with Crippen LogP contribution in [-0.2, 0) is 51.4 Å². The molecule has 3 aromatic rings. The van der Waals surface area contributed by atoms with E-state index in [0.29, 0.717) is 23.7 Å². The fraction of sp³-hybridized carbons (Fsp3) is 0.543. The van der Waals surface area contributed by atoms with Gasteiger partial charge in [-0.25, -0.2) is 22.7 Å². The molecule has 1 saturated heterocycles. The van der Waals surface area contributed by atoms with Crippen LogP contribution in [0.2, 0.25) is 0 Å². The molecule has 14 nitrogen and oxygen atoms in total. The third-order valence-electron chi connectivity index (χ3n) is 12.1. The lowest BCUT2D eigenvalue weighted by Gasteiger charge is -2.64. The van der Waals surface area contributed by atoms with Gasteiger partial charge in [0.05, 0.1) is 42.9 Å². The number of hydrogen-bond acceptors (Lipinski definition) is 11. The monoisotopic (exact) mass is 875 g/mol. The van der Waals surface area contributed by atoms with Gasteiger partial charge < -0.3 is 38.9 Å². The summed E-state index contributed by atoms with van der Waals surface area (Å²) in [4.78, 5) is 41.4. The summed E-state index contributed by atoms with van der Waals surface area (Å²) in [6.07, 6.45) is 0.858. The van der Waals surface area contributed by atoms with E-state index in [2.05, 4.69) is 36.1 Å². The number of alkyl carbamates (subject to hydrolysis) is 1. The Morgan fingerprint density at radius 3 is 2.18 bits per heavy atom. The third-order valence-corrected chi connectivity index (χ3v) is 13.6. The Labute approximate surface area is 366 Å². The maximum atomic E-state index is 14.7. The van der Waals surface area contributed by atoms with Crippen molar-refractivity contribution in [1.29, 1.82) is 0 Å². The molecular weight excluding hydrogens is 813 g/mol. The van der Waals surface area contributed by atoms with E-state index in [1.165, 1.54) is 31.4 Å². The van der Waals surface area contributed by atoms with Gasteiger partial charge in [0.25, 0.3) is 0 Å². The molecule has 4 aliphatic rings. The molecule has 7 rings (SSSR count). The summed E-state index contributed by atoms with van der Waals surface area (Å²) in [5.41, 5.74) is -0.141. The maximum Gasteiger partial charge on any atom is 0.482 e. The first-order valence-corrected chi connectivity index (χ1v) is 22.7. The molecule has 1 aliphatic heterocycles. The van der Waals surface area contributed by atoms with Crippen LogP contribution in [0.25, 0.3) is 0 Å². The van der Waals surface area contributed by atoms with Crippen molar-refractivity contribution in [3.8, 4) is 5.75 Å². The first-order chi connectivity index (χ1) is 29.0. The molecule has 2 bridgehead atoms. The minimum atomic E-state index is -3.95. The summed E-state index contributed by atoms with van der Waals surface area (Å²) >= 11 is 0. The highest BCUT2D eigenvalue weighted by atomic mass is 32.2. The van der Waals surface area contributed by atoms with E-state index in [9.17, 15) is 22.8 Å². The van der Waals surface area contributed by atoms with Gasteiger partial charge in [0, 0.05) is 6.54 Å². The molecule has 3 saturated carbocycles. The number of esters is 1. The minimum absolute atomic E-state index is 0.0408. The first kappa shape index (κ1) is 47.0. The Morgan fingerprint density at radius 1 is 0.871 bits per heavy atom. The summed E-state index contributed by atoms with van der Waals surface area (Å²) in [5, 5.41) is 5.81. The van der Waals surface area contributed by atoms with Crippen LogP contribution in [0.3, 0.4) is 0 Å². The molecule has 6 atom stereocenters. The predicted molar refractivity (Wildman–Crippen MR) is 234 cm³/mol. The highest BCUT2D eigenvalue weighted by Gasteiger charge is 2.68. The number of para-hydroxylation sites is 1. The highest BCUT2D eigenvalue weighted by Crippen LogP contribution is 2.65. The number of carbonyl (C=O) groups is 3. The van der Waals surface area contributed by atoms with E-state index in [1.54, 1.807) is 59.7 Å². The van der Waals surface area contributed by atoms with Crippen molar-refractivity contribution in [3.05, 3.63) is 95.1 Å². The molecule has 3 aromatic carbocycles. The Kier molecular flexibility index (Phi) is 13.9. The lowest BCUT2D eigenvalue weighted by Crippen LogP contribution is -2.65. The molecule has 3 N–H and O–H groups in total. The van der Waals surface area contributed by atoms with E-state index in [-0.39, 0.29) is 53.2 Å². The minimum Gasteiger partial charge on any atom is -0.496 e. The molecule has 16 heteroatoms. The Bertz CT molecular complexity index is 2190. The molecule has 2 amide bonds. The lowest BCUT2D eigenvalue weighted by atomic mass is 9.43. The van der Waals surface area contributed by atoms with Gasteiger partial charge in [0.15, 0.2) is 0 Å². The summed E-state index contributed by atoms with van der Waals surface area (Å²) < 4.78 is 65.4. The maximum absolute atomic E-state index is 14.7. The second kappa shape index (κ2) is 18.3. The van der Waals surface area contributed by atoms with E-state index in [4.69, 9.17) is 28.3 Å². The molecule has 1 heterocycles. The summed E-state index contributed by atoms with van der Waals surface area (Å²) in [5.74, 6) is -1.07. The van der Waals surface area contributed by atoms with Crippen molar-refractivity contribution in [2.45, 2.75) is 128 Å². The molecule has 0 radical (unpaired) electrons. The van der Waals surface area contributed by atoms with Crippen LogP contribution in [0.5, 0.6) is 5.75 Å². The number of amides is 2. The Hall–Kier alpha value is -4.48. The van der Waals surface area contributed by atoms with E-state index in [0.717, 1.165) is 18.4 Å². The quantitative estimate of drug-likeness (QED) is 0.0793. The highest BCUT2D eigenvalue weighted by molar-refractivity contribution is 7.89. The van der Waals surface area contributed by atoms with Gasteiger partial charge in [-0.3, -0.25) is 4.79 Å². The second-order valence-electron chi connectivity index (χ2n) is 19.2. The van der Waals surface area contributed by atoms with Gasteiger partial charge in [0.1, 0.15) is 28.6 Å². The SMILES string of the molecule is COc1c(CC(NC(=O)C(NC(=O)OC(C)(C)C)c2ccc(S(=O)(=O)NCCOCc3ccccc3)cc2)B2O[C@@H]3C[C@@H]4C[C@@H](C4(C)C)[C@]3(C)O2)cccc1C(=O)OC(C)(C)C. The standard InChI is InChI=1S/C46H62BN3O11S/c1-43(2,3)58-41(52)34-18-14-17-31(39(34)56-10)25-37(47-60-36-27-32-26-35(45(32,7)8)46(36,9)61-47)49-40(51)38(50-42(53)59-44(4,5)6)30-19-21-33(22-20-30)62(54,55)48-23-24-57-28-29-15-12-11-13-16-29/h11-22,32,35-38,48H,23-28H2,1-10H3,(H,49,51)(H,50,53)/t32-,35-,36+,37?,38?,46-/m0/s1. The summed E-state index contributed by atoms with van der Waals surface area (Å²) in [6.45, 7) is 17.6. The van der Waals surface area contributed by atoms with Gasteiger partial charge in [-0.15, -0.1) is 0 Å². The zero-order chi connectivity index (χ0) is 45.3. The number of hydrogen-bond donors (Lipinski definition) is 3. The number of carbonyl (C=O) groups excluding carboxylic acids is 3. The first-order valence-electron chi connectivity index (χ1n) is 21.2. The predicted octanol–water partition coefficient (Wildman–Crippen LogP) is 6.71. The summed E-state index contributed by atoms with van der Waals surface area (Å²) in [6, 6.07) is 19.0. The summed E-state index contributed by atoms with van der Waals surface area (Å²) in [7, 11) is -3.41. The van der Waals surface area contributed by atoms with Crippen LogP contribution in [0, 0.1) is 17.3 Å². The number of ether oxygens (including phenoxy) is 4. The topological polar surface area (TPSA) is 177 Å². The molecule has 336 valence electrons. The van der Waals surface area contributed by atoms with Gasteiger partial charge in [-0.1, -0.05) is 68.4 Å². The zero-order valence-electron chi connectivity index (χ0n) is 37.5. The zero-order valence-corrected chi connectivity index (χ0v) is 38.4. The van der Waals surface area contributed by atoms with Crippen LogP contribution >= 0.6 is 0 Å². The molecule has 3 aliphatic carbocycles. The van der Waals surface area contributed by atoms with Crippen molar-refractivity contribution in [2.75, 3.05) is 20.3 Å². The average Bonchev–Trinajstić information content (AvgIpc) is 3.56. The number of methoxy groups -OCH3 is 1. The molecule has 0 spiro atoms. The molecule has 4 fully saturated rings. The Balaban J connectivity index is 1.27. The number of nitrogens with one attached hydrogen (secondary N) is 3. The smallest absolute Gasteiger partial charge is 0.482 e. The van der Waals surface area contributed by atoms with Gasteiger partial charge in [0.2, 0.25) is 15.9 Å². The Morgan fingerprint density at radius 2 is 1.55 bits per heavy atom. The van der Waals surface area contributed by atoms with E-state index < -0.39 is 63.9 Å². The molecule has 0 aromatic heterocycles. The van der Waals surface area contributed by atoms with Crippen LogP contribution in [0.15, 0.2) is 77.7 Å². The van der Waals surface area contributed by atoms with Crippen LogP contribution in [0.4, 0.5) is 4.79 Å². The average molecular weight is 876 g/mol. The van der Waals surface area contributed by atoms with Crippen molar-refractivity contribution in [1.82, 2.24) is 15.4 Å². The molecular formula is C46H62BN3O11S. The van der Waals surface area contributed by atoms with Crippen molar-refractivity contribution in [3.63, 3.8) is 0 Å². The van der Waals surface area contributed by atoms with Gasteiger partial charge in [-0.2, -0.15) is 0 Å². The third kappa shape index (κ3) is 10.8. The number of sulfonamides is 1. The van der Waals surface area contributed by atoms with Crippen LogP contribution < -0.4 is 20.1 Å². The van der Waals surface area contributed by atoms with E-state index >= 15 is 0 Å². The molecule has 2 unspecified atom stereocenters. The van der Waals surface area contributed by atoms with Crippen molar-refractivity contribution in [2.24, 2.45) is 17.3 Å². The largest absolute Gasteiger partial charge is 0.496 e. The lowest BCUT2D eigenvalue weighted by molar-refractivity contribution is -0.199. The van der Waals surface area contributed by atoms with E-state index in [1.807, 2.05) is 30.3 Å². The second-order valence-corrected chi connectivity index (χ2v) is 21.0. The molecule has 62 heavy (non-hydrogen) atoms. The van der Waals surface area contributed by atoms with Crippen LogP contribution in [-0.4, -0.2) is 82.6 Å². The fourth-order valence-corrected chi connectivity index (χ4v) is 9.94. The normalized spacial score (nSPS) is 22.7. The van der Waals surface area contributed by atoms with Crippen LogP contribution in [0.1, 0.15) is 108 Å².